The largest absolute Gasteiger partial charge is 0.492 e. The molecule has 7 rings (SSSR count). The maximum absolute atomic E-state index is 14.5. The molecule has 2 aromatic carbocycles. The number of rotatable bonds is 24. The van der Waals surface area contributed by atoms with Crippen LogP contribution in [0.5, 0.6) is 11.5 Å². The normalized spacial score (nSPS) is 25.0. The van der Waals surface area contributed by atoms with Gasteiger partial charge in [-0.3, -0.25) is 24.0 Å². The van der Waals surface area contributed by atoms with E-state index in [2.05, 4.69) is 49.0 Å². The fourth-order valence-electron chi connectivity index (χ4n) is 11.1. The lowest BCUT2D eigenvalue weighted by Crippen LogP contribution is -2.65. The third-order valence-corrected chi connectivity index (χ3v) is 15.4. The summed E-state index contributed by atoms with van der Waals surface area (Å²) in [6.07, 6.45) is 15.1. The molecule has 386 valence electrons. The number of nitrogens with two attached hydrogens (primary N) is 2. The zero-order valence-electron chi connectivity index (χ0n) is 43.0. The van der Waals surface area contributed by atoms with E-state index >= 15 is 0 Å². The third-order valence-electron chi connectivity index (χ3n) is 15.4. The van der Waals surface area contributed by atoms with Crippen molar-refractivity contribution in [1.82, 2.24) is 26.2 Å². The maximum Gasteiger partial charge on any atom is 0.481 e. The van der Waals surface area contributed by atoms with Crippen LogP contribution in [-0.4, -0.2) is 111 Å². The second kappa shape index (κ2) is 25.1. The maximum atomic E-state index is 14.5. The smallest absolute Gasteiger partial charge is 0.481 e. The molecule has 4 fully saturated rings. The third kappa shape index (κ3) is 13.2. The van der Waals surface area contributed by atoms with Gasteiger partial charge in [0.15, 0.2) is 0 Å². The van der Waals surface area contributed by atoms with Gasteiger partial charge in [0.25, 0.3) is 0 Å². The first-order valence-electron chi connectivity index (χ1n) is 26.2. The molecule has 3 saturated carbocycles. The van der Waals surface area contributed by atoms with Crippen molar-refractivity contribution in [1.29, 1.82) is 0 Å². The second-order valence-corrected chi connectivity index (χ2v) is 21.0. The summed E-state index contributed by atoms with van der Waals surface area (Å²) in [5, 5.41) is 11.5. The quantitative estimate of drug-likeness (QED) is 0.0556. The lowest BCUT2D eigenvalue weighted by molar-refractivity contribution is -0.199. The fraction of sp³-hybridized carbons (Fsp3) is 0.679. The molecule has 8 N–H and O–H groups in total. The van der Waals surface area contributed by atoms with E-state index in [1.54, 1.807) is 24.3 Å². The van der Waals surface area contributed by atoms with Crippen LogP contribution in [0.2, 0.25) is 0 Å². The molecule has 5 unspecified atom stereocenters. The standard InChI is InChI=1S/C53H82BN7O9/c1-8-9-10-11-12-13-14-15-16-17-18-19-46(62)57-33-47(63)61(7)48-37-21-23-43(68-27-25-56)40(30-37)39-28-36(20-22-42(39)67-26-24-55)29-41(60-49(64)34(2)58-51(48)66)50(65)59-35(3)54-69-45-32-38-31-44(52(38,4)5)53(45,6)70-54/h20-23,28,30,34-35,38,41,44-45,48H,8-19,24-27,29,31-33,55-56H2,1-7H3,(H,57,62)(H,58,66)(H,59,65)(H,60,64)/t34-,35-,38?,41?,44?,45?,48?,53-/m0/s1. The number of likely N-dealkylation sites (N-methyl/N-ethyl adjacent to an activating group) is 1. The first-order chi connectivity index (χ1) is 33.5. The zero-order valence-corrected chi connectivity index (χ0v) is 43.0. The van der Waals surface area contributed by atoms with E-state index in [0.717, 1.165) is 38.5 Å². The average Bonchev–Trinajstić information content (AvgIpc) is 3.71. The monoisotopic (exact) mass is 972 g/mol. The Balaban J connectivity index is 1.20. The number of unbranched alkanes of at least 4 members (excludes halogenated alkanes) is 10. The zero-order chi connectivity index (χ0) is 50.6. The average molecular weight is 972 g/mol. The molecule has 2 aliphatic heterocycles. The van der Waals surface area contributed by atoms with E-state index in [1.165, 1.54) is 63.8 Å². The van der Waals surface area contributed by atoms with Gasteiger partial charge in [-0.25, -0.2) is 0 Å². The number of hydrogen-bond acceptors (Lipinski definition) is 11. The molecule has 70 heavy (non-hydrogen) atoms. The van der Waals surface area contributed by atoms with Gasteiger partial charge in [-0.2, -0.15) is 0 Å². The highest BCUT2D eigenvalue weighted by atomic mass is 16.7. The van der Waals surface area contributed by atoms with E-state index < -0.39 is 60.4 Å². The van der Waals surface area contributed by atoms with Gasteiger partial charge in [-0.05, 0) is 92.7 Å². The van der Waals surface area contributed by atoms with Crippen LogP contribution in [0.4, 0.5) is 0 Å². The van der Waals surface area contributed by atoms with Crippen LogP contribution in [0.3, 0.4) is 0 Å². The number of hydrogen-bond donors (Lipinski definition) is 6. The van der Waals surface area contributed by atoms with Crippen LogP contribution < -0.4 is 42.2 Å². The van der Waals surface area contributed by atoms with Crippen molar-refractivity contribution in [2.24, 2.45) is 28.7 Å². The molecule has 5 amide bonds. The van der Waals surface area contributed by atoms with Crippen LogP contribution in [0, 0.1) is 17.3 Å². The number of carbonyl (C=O) groups is 5. The Kier molecular flexibility index (Phi) is 19.6. The minimum atomic E-state index is -1.26. The summed E-state index contributed by atoms with van der Waals surface area (Å²) < 4.78 is 25.5. The van der Waals surface area contributed by atoms with Crippen molar-refractivity contribution in [3.05, 3.63) is 47.5 Å². The molecule has 17 heteroatoms. The Morgan fingerprint density at radius 3 is 2.10 bits per heavy atom. The van der Waals surface area contributed by atoms with Crippen molar-refractivity contribution in [3.8, 4) is 22.6 Å². The number of carbonyl (C=O) groups excluding carboxylic acids is 5. The highest BCUT2D eigenvalue weighted by Crippen LogP contribution is 2.65. The molecule has 6 bridgehead atoms. The van der Waals surface area contributed by atoms with E-state index in [9.17, 15) is 24.0 Å². The van der Waals surface area contributed by atoms with Gasteiger partial charge in [0, 0.05) is 44.1 Å². The number of nitrogens with zero attached hydrogens (tertiary/aromatic N) is 1. The lowest BCUT2D eigenvalue weighted by atomic mass is 9.43. The molecule has 0 radical (unpaired) electrons. The summed E-state index contributed by atoms with van der Waals surface area (Å²) in [5.41, 5.74) is 13.7. The summed E-state index contributed by atoms with van der Waals surface area (Å²) in [6.45, 7) is 12.8. The van der Waals surface area contributed by atoms with Gasteiger partial charge in [0.1, 0.15) is 42.8 Å². The Labute approximate surface area is 416 Å². The van der Waals surface area contributed by atoms with Crippen LogP contribution in [0.1, 0.15) is 149 Å². The fourth-order valence-corrected chi connectivity index (χ4v) is 11.1. The first-order valence-corrected chi connectivity index (χ1v) is 26.2. The highest BCUT2D eigenvalue weighted by molar-refractivity contribution is 6.47. The second-order valence-electron chi connectivity index (χ2n) is 21.0. The molecule has 2 heterocycles. The SMILES string of the molecule is CCCCCCCCCCCCCC(=O)NCC(=O)N(C)C1C(=O)N[C@@H](C)C(=O)NC(C(=O)N[C@@H](C)B2OC3CC4CC(C4(C)C)[C@]3(C)O2)Cc2ccc(OCCN)c(c2)-c2cc1ccc2OCCN. The minimum absolute atomic E-state index is 0.0727. The van der Waals surface area contributed by atoms with E-state index in [-0.39, 0.29) is 56.7 Å². The molecule has 0 aromatic heterocycles. The van der Waals surface area contributed by atoms with Crippen LogP contribution >= 0.6 is 0 Å². The molecule has 0 spiro atoms. The number of amides is 5. The van der Waals surface area contributed by atoms with Crippen molar-refractivity contribution < 1.29 is 42.8 Å². The molecule has 3 aliphatic carbocycles. The number of fused-ring (bicyclic) bond motifs is 5. The van der Waals surface area contributed by atoms with Gasteiger partial charge < -0.3 is 56.4 Å². The summed E-state index contributed by atoms with van der Waals surface area (Å²) >= 11 is 0. The molecule has 2 aromatic rings. The Hall–Kier alpha value is -4.71. The van der Waals surface area contributed by atoms with Crippen LogP contribution in [-0.2, 0) is 39.7 Å². The minimum Gasteiger partial charge on any atom is -0.492 e. The topological polar surface area (TPSA) is 226 Å². The Morgan fingerprint density at radius 2 is 1.47 bits per heavy atom. The number of nitrogens with one attached hydrogen (secondary N) is 4. The molecule has 8 atom stereocenters. The Morgan fingerprint density at radius 1 is 0.857 bits per heavy atom. The number of benzene rings is 2. The predicted molar refractivity (Wildman–Crippen MR) is 272 cm³/mol. The Bertz CT molecular complexity index is 2130. The predicted octanol–water partition coefficient (Wildman–Crippen LogP) is 5.66. The summed E-state index contributed by atoms with van der Waals surface area (Å²) in [5.74, 6) is -1.24. The van der Waals surface area contributed by atoms with Crippen molar-refractivity contribution >= 4 is 36.7 Å². The first kappa shape index (κ1) is 54.6. The summed E-state index contributed by atoms with van der Waals surface area (Å²) in [7, 11) is 0.801. The van der Waals surface area contributed by atoms with Gasteiger partial charge in [0.2, 0.25) is 29.5 Å². The van der Waals surface area contributed by atoms with E-state index in [1.807, 2.05) is 19.1 Å². The van der Waals surface area contributed by atoms with Gasteiger partial charge in [-0.1, -0.05) is 97.1 Å². The van der Waals surface area contributed by atoms with Crippen molar-refractivity contribution in [3.63, 3.8) is 0 Å². The van der Waals surface area contributed by atoms with Crippen LogP contribution in [0.25, 0.3) is 11.1 Å². The summed E-state index contributed by atoms with van der Waals surface area (Å²) in [6, 6.07) is 7.14. The lowest BCUT2D eigenvalue weighted by Gasteiger charge is -2.64. The van der Waals surface area contributed by atoms with Crippen LogP contribution in [0.15, 0.2) is 36.4 Å². The van der Waals surface area contributed by atoms with Gasteiger partial charge in [0.05, 0.1) is 24.2 Å². The number of ether oxygens (including phenoxy) is 2. The van der Waals surface area contributed by atoms with Crippen molar-refractivity contribution in [2.45, 2.75) is 174 Å². The molecule has 5 aliphatic rings. The highest BCUT2D eigenvalue weighted by Gasteiger charge is 2.68. The van der Waals surface area contributed by atoms with E-state index in [4.69, 9.17) is 30.2 Å². The van der Waals surface area contributed by atoms with Crippen molar-refractivity contribution in [2.75, 3.05) is 39.9 Å². The summed E-state index contributed by atoms with van der Waals surface area (Å²) in [4.78, 5) is 71.2. The molecular formula is C53H82BN7O9. The molecular weight excluding hydrogens is 889 g/mol. The molecule has 1 saturated heterocycles. The molecule has 16 nitrogen and oxygen atoms in total. The van der Waals surface area contributed by atoms with Gasteiger partial charge >= 0.3 is 7.12 Å². The van der Waals surface area contributed by atoms with E-state index in [0.29, 0.717) is 52.0 Å². The van der Waals surface area contributed by atoms with Gasteiger partial charge in [-0.15, -0.1) is 0 Å².